The van der Waals surface area contributed by atoms with E-state index in [0.29, 0.717) is 43.6 Å². The zero-order chi connectivity index (χ0) is 21.8. The lowest BCUT2D eigenvalue weighted by Gasteiger charge is -2.35. The third-order valence-electron chi connectivity index (χ3n) is 4.81. The van der Waals surface area contributed by atoms with Crippen LogP contribution in [0.1, 0.15) is 5.82 Å². The molecular formula is C21H21F2N7O. The Morgan fingerprint density at radius 1 is 1.00 bits per heavy atom. The first-order chi connectivity index (χ1) is 15.0. The summed E-state index contributed by atoms with van der Waals surface area (Å²) in [5.74, 6) is 1.17. The Bertz CT molecular complexity index is 1070. The molecule has 2 N–H and O–H groups in total. The molecule has 1 aromatic carbocycles. The van der Waals surface area contributed by atoms with Crippen LogP contribution in [0.15, 0.2) is 48.7 Å². The number of piperazine rings is 1. The Morgan fingerprint density at radius 3 is 2.52 bits per heavy atom. The quantitative estimate of drug-likeness (QED) is 0.665. The van der Waals surface area contributed by atoms with Crippen molar-refractivity contribution < 1.29 is 13.6 Å². The van der Waals surface area contributed by atoms with Gasteiger partial charge in [0.2, 0.25) is 0 Å². The highest BCUT2D eigenvalue weighted by Gasteiger charge is 2.23. The van der Waals surface area contributed by atoms with E-state index in [9.17, 15) is 13.6 Å². The molecule has 8 nitrogen and oxygen atoms in total. The molecule has 160 valence electrons. The van der Waals surface area contributed by atoms with E-state index in [1.807, 2.05) is 31.2 Å². The largest absolute Gasteiger partial charge is 0.353 e. The average molecular weight is 425 g/mol. The minimum atomic E-state index is -0.809. The van der Waals surface area contributed by atoms with Crippen molar-refractivity contribution in [1.29, 1.82) is 0 Å². The molecule has 2 aromatic heterocycles. The summed E-state index contributed by atoms with van der Waals surface area (Å²) in [7, 11) is 0. The molecule has 31 heavy (non-hydrogen) atoms. The first kappa shape index (κ1) is 20.5. The predicted octanol–water partition coefficient (Wildman–Crippen LogP) is 3.56. The lowest BCUT2D eigenvalue weighted by atomic mass is 10.3. The molecule has 1 aliphatic rings. The van der Waals surface area contributed by atoms with Crippen molar-refractivity contribution in [3.05, 3.63) is 66.1 Å². The minimum Gasteiger partial charge on any atom is -0.353 e. The van der Waals surface area contributed by atoms with Crippen molar-refractivity contribution in [3.63, 3.8) is 0 Å². The number of carbonyl (C=O) groups excluding carboxylic acids is 1. The van der Waals surface area contributed by atoms with E-state index in [2.05, 4.69) is 30.5 Å². The SMILES string of the molecule is Cc1nc(Nc2ccccn2)cc(N2CCN(C(=O)Nc3ccc(F)cc3F)CC2)n1. The van der Waals surface area contributed by atoms with E-state index >= 15 is 0 Å². The smallest absolute Gasteiger partial charge is 0.322 e. The predicted molar refractivity (Wildman–Crippen MR) is 113 cm³/mol. The number of pyridine rings is 1. The third kappa shape index (κ3) is 5.03. The van der Waals surface area contributed by atoms with Gasteiger partial charge in [-0.05, 0) is 31.2 Å². The number of rotatable bonds is 4. The highest BCUT2D eigenvalue weighted by Crippen LogP contribution is 2.21. The summed E-state index contributed by atoms with van der Waals surface area (Å²) in [6.07, 6.45) is 1.69. The molecule has 0 aliphatic carbocycles. The van der Waals surface area contributed by atoms with Gasteiger partial charge in [0.15, 0.2) is 0 Å². The van der Waals surface area contributed by atoms with Gasteiger partial charge in [0, 0.05) is 44.5 Å². The Balaban J connectivity index is 1.38. The zero-order valence-corrected chi connectivity index (χ0v) is 16.8. The van der Waals surface area contributed by atoms with Crippen molar-refractivity contribution in [1.82, 2.24) is 19.9 Å². The number of benzene rings is 1. The molecule has 0 spiro atoms. The first-order valence-corrected chi connectivity index (χ1v) is 9.77. The topological polar surface area (TPSA) is 86.3 Å². The van der Waals surface area contributed by atoms with Crippen molar-refractivity contribution in [2.24, 2.45) is 0 Å². The first-order valence-electron chi connectivity index (χ1n) is 9.77. The number of nitrogens with one attached hydrogen (secondary N) is 2. The summed E-state index contributed by atoms with van der Waals surface area (Å²) < 4.78 is 26.8. The van der Waals surface area contributed by atoms with Gasteiger partial charge in [0.1, 0.15) is 34.9 Å². The highest BCUT2D eigenvalue weighted by atomic mass is 19.1. The summed E-state index contributed by atoms with van der Waals surface area (Å²) in [6.45, 7) is 3.78. The number of aryl methyl sites for hydroxylation is 1. The van der Waals surface area contributed by atoms with Gasteiger partial charge in [-0.15, -0.1) is 0 Å². The van der Waals surface area contributed by atoms with Crippen LogP contribution in [0, 0.1) is 18.6 Å². The van der Waals surface area contributed by atoms with Crippen LogP contribution >= 0.6 is 0 Å². The number of hydrogen-bond acceptors (Lipinski definition) is 6. The number of amides is 2. The monoisotopic (exact) mass is 425 g/mol. The molecule has 1 fully saturated rings. The van der Waals surface area contributed by atoms with Crippen LogP contribution in [0.25, 0.3) is 0 Å². The molecular weight excluding hydrogens is 404 g/mol. The van der Waals surface area contributed by atoms with Crippen LogP contribution in [0.2, 0.25) is 0 Å². The standard InChI is InChI=1S/C21H21F2N7O/c1-14-25-19(28-18-4-2-3-7-24-18)13-20(26-14)29-8-10-30(11-9-29)21(31)27-17-6-5-15(22)12-16(17)23/h2-7,12-13H,8-11H2,1H3,(H,27,31)(H,24,25,26,28). The molecule has 0 radical (unpaired) electrons. The fourth-order valence-corrected chi connectivity index (χ4v) is 3.27. The van der Waals surface area contributed by atoms with Crippen molar-refractivity contribution >= 4 is 29.2 Å². The number of anilines is 4. The normalized spacial score (nSPS) is 13.8. The maximum Gasteiger partial charge on any atom is 0.322 e. The molecule has 4 rings (SSSR count). The maximum absolute atomic E-state index is 13.8. The number of halogens is 2. The zero-order valence-electron chi connectivity index (χ0n) is 16.8. The second-order valence-electron chi connectivity index (χ2n) is 7.03. The Hall–Kier alpha value is -3.82. The van der Waals surface area contributed by atoms with Crippen LogP contribution in [0.4, 0.5) is 36.7 Å². The van der Waals surface area contributed by atoms with Gasteiger partial charge in [0.25, 0.3) is 0 Å². The van der Waals surface area contributed by atoms with E-state index < -0.39 is 17.7 Å². The lowest BCUT2D eigenvalue weighted by Crippen LogP contribution is -2.50. The second-order valence-corrected chi connectivity index (χ2v) is 7.03. The van der Waals surface area contributed by atoms with Gasteiger partial charge < -0.3 is 20.4 Å². The molecule has 1 saturated heterocycles. The van der Waals surface area contributed by atoms with Crippen LogP contribution in [0.3, 0.4) is 0 Å². The summed E-state index contributed by atoms with van der Waals surface area (Å²) in [5, 5.41) is 5.65. The van der Waals surface area contributed by atoms with Crippen molar-refractivity contribution in [2.45, 2.75) is 6.92 Å². The molecule has 3 heterocycles. The van der Waals surface area contributed by atoms with Crippen LogP contribution in [-0.2, 0) is 0 Å². The molecule has 10 heteroatoms. The minimum absolute atomic E-state index is 0.0505. The van der Waals surface area contributed by atoms with Crippen molar-refractivity contribution in [3.8, 4) is 0 Å². The number of hydrogen-bond donors (Lipinski definition) is 2. The second kappa shape index (κ2) is 8.90. The number of aromatic nitrogens is 3. The average Bonchev–Trinajstić information content (AvgIpc) is 2.76. The number of urea groups is 1. The Kier molecular flexibility index (Phi) is 5.87. The van der Waals surface area contributed by atoms with Gasteiger partial charge in [-0.25, -0.2) is 28.5 Å². The van der Waals surface area contributed by atoms with Gasteiger partial charge in [-0.3, -0.25) is 0 Å². The van der Waals surface area contributed by atoms with E-state index in [1.165, 1.54) is 6.07 Å². The van der Waals surface area contributed by atoms with Crippen LogP contribution < -0.4 is 15.5 Å². The number of carbonyl (C=O) groups is 1. The van der Waals surface area contributed by atoms with Crippen LogP contribution in [0.5, 0.6) is 0 Å². The molecule has 0 saturated carbocycles. The molecule has 1 aliphatic heterocycles. The molecule has 0 unspecified atom stereocenters. The summed E-state index contributed by atoms with van der Waals surface area (Å²) >= 11 is 0. The van der Waals surface area contributed by atoms with E-state index in [1.54, 1.807) is 11.1 Å². The Labute approximate surface area is 178 Å². The maximum atomic E-state index is 13.8. The van der Waals surface area contributed by atoms with Gasteiger partial charge >= 0.3 is 6.03 Å². The fraction of sp³-hybridized carbons (Fsp3) is 0.238. The highest BCUT2D eigenvalue weighted by molar-refractivity contribution is 5.89. The van der Waals surface area contributed by atoms with Gasteiger partial charge in [-0.2, -0.15) is 0 Å². The summed E-state index contributed by atoms with van der Waals surface area (Å²) in [5.41, 5.74) is -0.0505. The van der Waals surface area contributed by atoms with E-state index in [0.717, 1.165) is 18.0 Å². The molecule has 2 amide bonds. The van der Waals surface area contributed by atoms with E-state index in [4.69, 9.17) is 0 Å². The summed E-state index contributed by atoms with van der Waals surface area (Å²) in [4.78, 5) is 29.2. The van der Waals surface area contributed by atoms with Gasteiger partial charge in [-0.1, -0.05) is 6.07 Å². The lowest BCUT2D eigenvalue weighted by molar-refractivity contribution is 0.208. The van der Waals surface area contributed by atoms with Gasteiger partial charge in [0.05, 0.1) is 5.69 Å². The Morgan fingerprint density at radius 2 is 1.81 bits per heavy atom. The number of nitrogens with zero attached hydrogens (tertiary/aromatic N) is 5. The van der Waals surface area contributed by atoms with E-state index in [-0.39, 0.29) is 5.69 Å². The molecule has 3 aromatic rings. The third-order valence-corrected chi connectivity index (χ3v) is 4.81. The molecule has 0 atom stereocenters. The molecule has 0 bridgehead atoms. The van der Waals surface area contributed by atoms with Crippen LogP contribution in [-0.4, -0.2) is 52.1 Å². The fourth-order valence-electron chi connectivity index (χ4n) is 3.27. The summed E-state index contributed by atoms with van der Waals surface area (Å²) in [6, 6.07) is 10.0. The van der Waals surface area contributed by atoms with Crippen molar-refractivity contribution in [2.75, 3.05) is 41.7 Å².